The van der Waals surface area contributed by atoms with E-state index in [1.165, 1.54) is 30.5 Å². The molecule has 0 fully saturated rings. The first-order chi connectivity index (χ1) is 17.9. The molecule has 0 saturated carbocycles. The summed E-state index contributed by atoms with van der Waals surface area (Å²) in [5.74, 6) is 1.26. The van der Waals surface area contributed by atoms with E-state index < -0.39 is 5.82 Å². The van der Waals surface area contributed by atoms with Crippen molar-refractivity contribution in [1.29, 1.82) is 0 Å². The van der Waals surface area contributed by atoms with E-state index >= 15 is 0 Å². The van der Waals surface area contributed by atoms with Crippen molar-refractivity contribution in [3.05, 3.63) is 118 Å². The summed E-state index contributed by atoms with van der Waals surface area (Å²) >= 11 is 0. The SMILES string of the molecule is COc1ccc2c(Oc3ccc(CC(=O)c4c[nH]c(C)c(-c5ccc(F)cc5)c4=O)cc3)ccnc2c1. The van der Waals surface area contributed by atoms with E-state index in [2.05, 4.69) is 9.97 Å². The minimum absolute atomic E-state index is 0.0489. The van der Waals surface area contributed by atoms with Crippen LogP contribution >= 0.6 is 0 Å². The van der Waals surface area contributed by atoms with Crippen LogP contribution in [0.2, 0.25) is 0 Å². The molecule has 37 heavy (non-hydrogen) atoms. The molecular formula is C30H23FN2O4. The molecule has 5 rings (SSSR count). The summed E-state index contributed by atoms with van der Waals surface area (Å²) in [5.41, 5.74) is 2.69. The van der Waals surface area contributed by atoms with Crippen molar-refractivity contribution in [3.8, 4) is 28.4 Å². The minimum atomic E-state index is -0.394. The van der Waals surface area contributed by atoms with Crippen LogP contribution in [0.15, 0.2) is 90.0 Å². The summed E-state index contributed by atoms with van der Waals surface area (Å²) in [6, 6.07) is 20.2. The second-order valence-corrected chi connectivity index (χ2v) is 8.58. The highest BCUT2D eigenvalue weighted by atomic mass is 19.1. The predicted molar refractivity (Wildman–Crippen MR) is 140 cm³/mol. The Hall–Kier alpha value is -4.78. The highest BCUT2D eigenvalue weighted by Crippen LogP contribution is 2.31. The maximum atomic E-state index is 13.3. The summed E-state index contributed by atoms with van der Waals surface area (Å²) in [7, 11) is 1.60. The first-order valence-electron chi connectivity index (χ1n) is 11.6. The number of rotatable bonds is 7. The summed E-state index contributed by atoms with van der Waals surface area (Å²) in [6.45, 7) is 1.75. The Morgan fingerprint density at radius 1 is 0.973 bits per heavy atom. The number of Topliss-reactive ketones (excluding diaryl/α,β-unsaturated/α-hetero) is 1. The number of pyridine rings is 2. The number of hydrogen-bond donors (Lipinski definition) is 1. The third-order valence-electron chi connectivity index (χ3n) is 6.14. The van der Waals surface area contributed by atoms with Crippen LogP contribution < -0.4 is 14.9 Å². The van der Waals surface area contributed by atoms with E-state index in [4.69, 9.17) is 9.47 Å². The Kier molecular flexibility index (Phi) is 6.51. The van der Waals surface area contributed by atoms with Gasteiger partial charge in [0, 0.05) is 41.5 Å². The van der Waals surface area contributed by atoms with Crippen LogP contribution in [0.25, 0.3) is 22.0 Å². The highest BCUT2D eigenvalue weighted by Gasteiger charge is 2.17. The molecule has 0 spiro atoms. The van der Waals surface area contributed by atoms with Gasteiger partial charge >= 0.3 is 0 Å². The van der Waals surface area contributed by atoms with Crippen molar-refractivity contribution in [3.63, 3.8) is 0 Å². The second-order valence-electron chi connectivity index (χ2n) is 8.58. The lowest BCUT2D eigenvalue weighted by Gasteiger charge is -2.10. The molecule has 184 valence electrons. The maximum absolute atomic E-state index is 13.3. The van der Waals surface area contributed by atoms with Gasteiger partial charge in [0.05, 0.1) is 18.2 Å². The van der Waals surface area contributed by atoms with Gasteiger partial charge in [0.1, 0.15) is 23.1 Å². The van der Waals surface area contributed by atoms with Crippen LogP contribution in [0.4, 0.5) is 4.39 Å². The number of halogens is 1. The molecule has 2 heterocycles. The number of methoxy groups -OCH3 is 1. The van der Waals surface area contributed by atoms with Crippen LogP contribution in [-0.2, 0) is 6.42 Å². The van der Waals surface area contributed by atoms with E-state index in [-0.39, 0.29) is 23.2 Å². The van der Waals surface area contributed by atoms with Crippen molar-refractivity contribution in [2.24, 2.45) is 0 Å². The number of fused-ring (bicyclic) bond motifs is 1. The summed E-state index contributed by atoms with van der Waals surface area (Å²) in [5, 5.41) is 0.845. The second kappa shape index (κ2) is 10.1. The van der Waals surface area contributed by atoms with E-state index in [9.17, 15) is 14.0 Å². The summed E-state index contributed by atoms with van der Waals surface area (Å²) in [4.78, 5) is 33.5. The molecule has 5 aromatic rings. The molecule has 7 heteroatoms. The number of ether oxygens (including phenoxy) is 2. The molecule has 0 unspecified atom stereocenters. The van der Waals surface area contributed by atoms with Crippen LogP contribution in [0.5, 0.6) is 17.2 Å². The zero-order chi connectivity index (χ0) is 25.9. The van der Waals surface area contributed by atoms with Crippen molar-refractivity contribution in [1.82, 2.24) is 9.97 Å². The van der Waals surface area contributed by atoms with Crippen molar-refractivity contribution < 1.29 is 18.7 Å². The van der Waals surface area contributed by atoms with E-state index in [0.29, 0.717) is 34.1 Å². The fourth-order valence-electron chi connectivity index (χ4n) is 4.19. The largest absolute Gasteiger partial charge is 0.497 e. The van der Waals surface area contributed by atoms with Gasteiger partial charge in [-0.05, 0) is 60.5 Å². The van der Waals surface area contributed by atoms with E-state index in [1.807, 2.05) is 18.2 Å². The topological polar surface area (TPSA) is 81.3 Å². The smallest absolute Gasteiger partial charge is 0.200 e. The van der Waals surface area contributed by atoms with E-state index in [0.717, 1.165) is 16.5 Å². The number of carbonyl (C=O) groups excluding carboxylic acids is 1. The molecule has 0 aliphatic heterocycles. The summed E-state index contributed by atoms with van der Waals surface area (Å²) < 4.78 is 24.7. The Bertz CT molecular complexity index is 1660. The number of nitrogens with one attached hydrogen (secondary N) is 1. The first kappa shape index (κ1) is 23.9. The highest BCUT2D eigenvalue weighted by molar-refractivity contribution is 5.98. The van der Waals surface area contributed by atoms with Crippen LogP contribution in [0.3, 0.4) is 0 Å². The number of aromatic nitrogens is 2. The zero-order valence-corrected chi connectivity index (χ0v) is 20.2. The number of benzene rings is 3. The quantitative estimate of drug-likeness (QED) is 0.270. The molecule has 0 saturated heterocycles. The van der Waals surface area contributed by atoms with Gasteiger partial charge in [0.2, 0.25) is 0 Å². The standard InChI is InChI=1S/C30H23FN2O4/c1-18-29(20-5-7-21(31)8-6-20)30(35)25(17-33-18)27(34)15-19-3-9-22(10-4-19)37-28-13-14-32-26-16-23(36-2)11-12-24(26)28/h3-14,16-17H,15H2,1-2H3,(H,33,35). The number of aryl methyl sites for hydroxylation is 1. The molecule has 3 aromatic carbocycles. The summed E-state index contributed by atoms with van der Waals surface area (Å²) in [6.07, 6.45) is 3.16. The number of ketones is 1. The molecule has 2 aromatic heterocycles. The molecule has 0 amide bonds. The molecule has 1 N–H and O–H groups in total. The average molecular weight is 495 g/mol. The lowest BCUT2D eigenvalue weighted by Crippen LogP contribution is -2.20. The number of carbonyl (C=O) groups is 1. The van der Waals surface area contributed by atoms with Gasteiger partial charge in [-0.3, -0.25) is 14.6 Å². The van der Waals surface area contributed by atoms with Gasteiger partial charge in [0.25, 0.3) is 0 Å². The molecule has 0 bridgehead atoms. The number of aromatic amines is 1. The Labute approximate surface area is 212 Å². The normalized spacial score (nSPS) is 10.9. The average Bonchev–Trinajstić information content (AvgIpc) is 2.90. The van der Waals surface area contributed by atoms with Gasteiger partial charge < -0.3 is 14.5 Å². The molecule has 0 radical (unpaired) electrons. The van der Waals surface area contributed by atoms with Gasteiger partial charge in [-0.1, -0.05) is 24.3 Å². The maximum Gasteiger partial charge on any atom is 0.200 e. The number of H-pyrrole nitrogens is 1. The van der Waals surface area contributed by atoms with Gasteiger partial charge in [0.15, 0.2) is 11.2 Å². The van der Waals surface area contributed by atoms with E-state index in [1.54, 1.807) is 50.6 Å². The Morgan fingerprint density at radius 2 is 1.70 bits per heavy atom. The van der Waals surface area contributed by atoms with Crippen molar-refractivity contribution in [2.75, 3.05) is 7.11 Å². The van der Waals surface area contributed by atoms with Crippen LogP contribution in [0.1, 0.15) is 21.6 Å². The predicted octanol–water partition coefficient (Wildman–Crippen LogP) is 6.26. The Balaban J connectivity index is 1.35. The third-order valence-corrected chi connectivity index (χ3v) is 6.14. The number of hydrogen-bond acceptors (Lipinski definition) is 5. The first-order valence-corrected chi connectivity index (χ1v) is 11.6. The van der Waals surface area contributed by atoms with Crippen molar-refractivity contribution >= 4 is 16.7 Å². The fourth-order valence-corrected chi connectivity index (χ4v) is 4.19. The van der Waals surface area contributed by atoms with Gasteiger partial charge in [-0.15, -0.1) is 0 Å². The molecule has 0 aliphatic carbocycles. The molecular weight excluding hydrogens is 471 g/mol. The lowest BCUT2D eigenvalue weighted by atomic mass is 9.98. The minimum Gasteiger partial charge on any atom is -0.497 e. The van der Waals surface area contributed by atoms with Gasteiger partial charge in [-0.2, -0.15) is 0 Å². The van der Waals surface area contributed by atoms with Crippen LogP contribution in [-0.4, -0.2) is 22.9 Å². The van der Waals surface area contributed by atoms with Gasteiger partial charge in [-0.25, -0.2) is 4.39 Å². The molecule has 6 nitrogen and oxygen atoms in total. The van der Waals surface area contributed by atoms with Crippen molar-refractivity contribution in [2.45, 2.75) is 13.3 Å². The Morgan fingerprint density at radius 3 is 2.43 bits per heavy atom. The fraction of sp³-hybridized carbons (Fsp3) is 0.100. The molecule has 0 atom stereocenters. The monoisotopic (exact) mass is 494 g/mol. The number of nitrogens with zero attached hydrogens (tertiary/aromatic N) is 1. The zero-order valence-electron chi connectivity index (χ0n) is 20.2. The molecule has 0 aliphatic rings. The van der Waals surface area contributed by atoms with Crippen LogP contribution in [0, 0.1) is 12.7 Å². The third kappa shape index (κ3) is 4.97. The lowest BCUT2D eigenvalue weighted by molar-refractivity contribution is 0.0991.